The van der Waals surface area contributed by atoms with Gasteiger partial charge in [-0.2, -0.15) is 10.1 Å². The molecule has 0 aliphatic carbocycles. The van der Waals surface area contributed by atoms with Crippen molar-refractivity contribution in [2.45, 2.75) is 6.04 Å². The first kappa shape index (κ1) is 13.1. The van der Waals surface area contributed by atoms with Gasteiger partial charge in [-0.3, -0.25) is 4.68 Å². The van der Waals surface area contributed by atoms with Gasteiger partial charge in [0.2, 0.25) is 11.7 Å². The fourth-order valence-electron chi connectivity index (χ4n) is 1.88. The van der Waals surface area contributed by atoms with Crippen LogP contribution >= 0.6 is 0 Å². The molecule has 21 heavy (non-hydrogen) atoms. The number of hydrogen-bond acceptors (Lipinski definition) is 7. The van der Waals surface area contributed by atoms with E-state index in [1.165, 1.54) is 12.1 Å². The van der Waals surface area contributed by atoms with Crippen LogP contribution in [0.3, 0.4) is 0 Å². The van der Waals surface area contributed by atoms with Crippen molar-refractivity contribution < 1.29 is 14.7 Å². The number of aryl methyl sites for hydroxylation is 1. The van der Waals surface area contributed by atoms with Crippen LogP contribution in [0.1, 0.15) is 17.5 Å². The maximum Gasteiger partial charge on any atom is 0.248 e. The summed E-state index contributed by atoms with van der Waals surface area (Å²) >= 11 is 0. The third kappa shape index (κ3) is 2.43. The van der Waals surface area contributed by atoms with Crippen molar-refractivity contribution in [2.24, 2.45) is 12.8 Å². The van der Waals surface area contributed by atoms with Gasteiger partial charge in [0.15, 0.2) is 11.5 Å². The van der Waals surface area contributed by atoms with Crippen LogP contribution in [-0.2, 0) is 7.05 Å². The van der Waals surface area contributed by atoms with Crippen molar-refractivity contribution >= 4 is 0 Å². The van der Waals surface area contributed by atoms with Gasteiger partial charge in [0.25, 0.3) is 0 Å². The Bertz CT molecular complexity index is 780. The largest absolute Gasteiger partial charge is 0.504 e. The van der Waals surface area contributed by atoms with Crippen LogP contribution in [0.2, 0.25) is 0 Å². The van der Waals surface area contributed by atoms with E-state index in [1.807, 2.05) is 0 Å². The SMILES string of the molecule is Cn1cc(C(N)c2nc(-c3ccc(O)c(O)c3)no2)cn1. The fraction of sp³-hybridized carbons (Fsp3) is 0.154. The minimum atomic E-state index is -0.578. The third-order valence-electron chi connectivity index (χ3n) is 3.03. The molecule has 108 valence electrons. The molecule has 0 saturated carbocycles. The minimum Gasteiger partial charge on any atom is -0.504 e. The van der Waals surface area contributed by atoms with Crippen LogP contribution in [0.4, 0.5) is 0 Å². The molecule has 8 nitrogen and oxygen atoms in total. The molecule has 8 heteroatoms. The lowest BCUT2D eigenvalue weighted by atomic mass is 10.1. The zero-order valence-corrected chi connectivity index (χ0v) is 11.1. The number of benzene rings is 1. The van der Waals surface area contributed by atoms with Gasteiger partial charge in [0, 0.05) is 24.4 Å². The van der Waals surface area contributed by atoms with Gasteiger partial charge >= 0.3 is 0 Å². The Hall–Kier alpha value is -2.87. The molecule has 0 saturated heterocycles. The standard InChI is InChI=1S/C13H13N5O3/c1-18-6-8(5-15-18)11(14)13-16-12(17-21-13)7-2-3-9(19)10(20)4-7/h2-6,11,19-20H,14H2,1H3. The molecule has 0 fully saturated rings. The lowest BCUT2D eigenvalue weighted by Gasteiger charge is -2.01. The van der Waals surface area contributed by atoms with E-state index < -0.39 is 6.04 Å². The molecular weight excluding hydrogens is 274 g/mol. The smallest absolute Gasteiger partial charge is 0.248 e. The highest BCUT2D eigenvalue weighted by Crippen LogP contribution is 2.29. The fourth-order valence-corrected chi connectivity index (χ4v) is 1.88. The lowest BCUT2D eigenvalue weighted by molar-refractivity contribution is 0.367. The molecule has 1 unspecified atom stereocenters. The van der Waals surface area contributed by atoms with Crippen molar-refractivity contribution in [1.29, 1.82) is 0 Å². The number of rotatable bonds is 3. The molecule has 3 rings (SSSR count). The summed E-state index contributed by atoms with van der Waals surface area (Å²) in [6, 6.07) is 3.69. The summed E-state index contributed by atoms with van der Waals surface area (Å²) in [4.78, 5) is 4.20. The van der Waals surface area contributed by atoms with Gasteiger partial charge in [-0.05, 0) is 18.2 Å². The molecule has 4 N–H and O–H groups in total. The van der Waals surface area contributed by atoms with Crippen LogP contribution in [0.25, 0.3) is 11.4 Å². The van der Waals surface area contributed by atoms with Crippen molar-refractivity contribution in [3.8, 4) is 22.9 Å². The monoisotopic (exact) mass is 287 g/mol. The number of phenolic OH excluding ortho intramolecular Hbond substituents is 2. The first-order chi connectivity index (χ1) is 10.0. The zero-order valence-electron chi connectivity index (χ0n) is 11.1. The first-order valence-electron chi connectivity index (χ1n) is 6.14. The van der Waals surface area contributed by atoms with Crippen molar-refractivity contribution in [1.82, 2.24) is 19.9 Å². The van der Waals surface area contributed by atoms with Gasteiger partial charge in [0.05, 0.1) is 6.20 Å². The van der Waals surface area contributed by atoms with Crippen LogP contribution in [0.5, 0.6) is 11.5 Å². The minimum absolute atomic E-state index is 0.213. The number of phenols is 2. The summed E-state index contributed by atoms with van der Waals surface area (Å²) in [6.45, 7) is 0. The normalized spacial score (nSPS) is 12.5. The Morgan fingerprint density at radius 1 is 1.29 bits per heavy atom. The number of aromatic nitrogens is 4. The Balaban J connectivity index is 1.90. The maximum absolute atomic E-state index is 9.49. The highest BCUT2D eigenvalue weighted by atomic mass is 16.5. The van der Waals surface area contributed by atoms with E-state index >= 15 is 0 Å². The molecule has 0 bridgehead atoms. The van der Waals surface area contributed by atoms with E-state index in [4.69, 9.17) is 10.3 Å². The van der Waals surface area contributed by atoms with E-state index in [-0.39, 0.29) is 23.2 Å². The average Bonchev–Trinajstić information content (AvgIpc) is 3.10. The second-order valence-corrected chi connectivity index (χ2v) is 4.58. The summed E-state index contributed by atoms with van der Waals surface area (Å²) in [5.41, 5.74) is 7.30. The Labute approximate surface area is 119 Å². The molecule has 2 aromatic heterocycles. The molecule has 1 atom stereocenters. The van der Waals surface area contributed by atoms with E-state index in [1.54, 1.807) is 30.2 Å². The highest BCUT2D eigenvalue weighted by molar-refractivity contribution is 5.60. The van der Waals surface area contributed by atoms with E-state index in [2.05, 4.69) is 15.2 Å². The Morgan fingerprint density at radius 3 is 2.76 bits per heavy atom. The van der Waals surface area contributed by atoms with Crippen molar-refractivity contribution in [3.05, 3.63) is 42.0 Å². The quantitative estimate of drug-likeness (QED) is 0.612. The van der Waals surface area contributed by atoms with Crippen LogP contribution in [-0.4, -0.2) is 30.1 Å². The average molecular weight is 287 g/mol. The molecular formula is C13H13N5O3. The van der Waals surface area contributed by atoms with Gasteiger partial charge in [-0.1, -0.05) is 5.16 Å². The van der Waals surface area contributed by atoms with Gasteiger partial charge in [-0.15, -0.1) is 0 Å². The van der Waals surface area contributed by atoms with Gasteiger partial charge in [-0.25, -0.2) is 0 Å². The van der Waals surface area contributed by atoms with Crippen molar-refractivity contribution in [2.75, 3.05) is 0 Å². The maximum atomic E-state index is 9.49. The van der Waals surface area contributed by atoms with Gasteiger partial charge in [0.1, 0.15) is 6.04 Å². The highest BCUT2D eigenvalue weighted by Gasteiger charge is 2.19. The van der Waals surface area contributed by atoms with E-state index in [0.29, 0.717) is 5.56 Å². The Morgan fingerprint density at radius 2 is 2.10 bits per heavy atom. The van der Waals surface area contributed by atoms with Crippen LogP contribution in [0.15, 0.2) is 35.1 Å². The number of aromatic hydroxyl groups is 2. The molecule has 3 aromatic rings. The molecule has 0 amide bonds. The molecule has 2 heterocycles. The Kier molecular flexibility index (Phi) is 3.07. The van der Waals surface area contributed by atoms with E-state index in [0.717, 1.165) is 5.56 Å². The zero-order chi connectivity index (χ0) is 15.0. The second kappa shape index (κ2) is 4.91. The van der Waals surface area contributed by atoms with E-state index in [9.17, 15) is 10.2 Å². The van der Waals surface area contributed by atoms with Crippen molar-refractivity contribution in [3.63, 3.8) is 0 Å². The third-order valence-corrected chi connectivity index (χ3v) is 3.03. The topological polar surface area (TPSA) is 123 Å². The van der Waals surface area contributed by atoms with Crippen LogP contribution < -0.4 is 5.73 Å². The predicted octanol–water partition coefficient (Wildman–Crippen LogP) is 0.929. The summed E-state index contributed by atoms with van der Waals surface area (Å²) < 4.78 is 6.78. The first-order valence-corrected chi connectivity index (χ1v) is 6.14. The molecule has 1 aromatic carbocycles. The molecule has 0 radical (unpaired) electrons. The summed E-state index contributed by atoms with van der Waals surface area (Å²) in [6.07, 6.45) is 3.39. The predicted molar refractivity (Wildman–Crippen MR) is 72.3 cm³/mol. The second-order valence-electron chi connectivity index (χ2n) is 4.58. The lowest BCUT2D eigenvalue weighted by Crippen LogP contribution is -2.11. The number of nitrogens with zero attached hydrogens (tertiary/aromatic N) is 4. The molecule has 0 aliphatic heterocycles. The molecule has 0 spiro atoms. The summed E-state index contributed by atoms with van der Waals surface area (Å²) in [5, 5.41) is 26.6. The summed E-state index contributed by atoms with van der Waals surface area (Å²) in [5.74, 6) is 0.0511. The van der Waals surface area contributed by atoms with Gasteiger partial charge < -0.3 is 20.5 Å². The summed E-state index contributed by atoms with van der Waals surface area (Å²) in [7, 11) is 1.79. The number of hydrogen-bond donors (Lipinski definition) is 3. The number of nitrogens with two attached hydrogens (primary N) is 1. The van der Waals surface area contributed by atoms with Crippen LogP contribution in [0, 0.1) is 0 Å². The molecule has 0 aliphatic rings.